The molecule has 2 heterocycles. The van der Waals surface area contributed by atoms with Gasteiger partial charge in [0, 0.05) is 6.07 Å². The van der Waals surface area contributed by atoms with E-state index in [0.717, 1.165) is 28.1 Å². The lowest BCUT2D eigenvalue weighted by Crippen LogP contribution is -2.29. The lowest BCUT2D eigenvalue weighted by atomic mass is 10.1. The van der Waals surface area contributed by atoms with E-state index in [1.807, 2.05) is 45.0 Å². The van der Waals surface area contributed by atoms with E-state index in [0.29, 0.717) is 32.2 Å². The largest absolute Gasteiger partial charge is 0.454 e. The Kier molecular flexibility index (Phi) is 5.88. The number of anilines is 1. The van der Waals surface area contributed by atoms with Crippen molar-refractivity contribution in [1.82, 2.24) is 0 Å². The zero-order chi connectivity index (χ0) is 24.0. The van der Waals surface area contributed by atoms with Crippen molar-refractivity contribution in [3.63, 3.8) is 0 Å². The third-order valence-corrected chi connectivity index (χ3v) is 7.04. The van der Waals surface area contributed by atoms with E-state index in [1.165, 1.54) is 17.3 Å². The van der Waals surface area contributed by atoms with E-state index in [2.05, 4.69) is 19.1 Å². The van der Waals surface area contributed by atoms with Crippen LogP contribution in [0, 0.1) is 27.7 Å². The van der Waals surface area contributed by atoms with Gasteiger partial charge in [-0.3, -0.25) is 9.69 Å². The maximum Gasteiger partial charge on any atom is 0.271 e. The molecule has 0 unspecified atom stereocenters. The van der Waals surface area contributed by atoms with Crippen LogP contribution in [-0.4, -0.2) is 17.9 Å². The van der Waals surface area contributed by atoms with Gasteiger partial charge in [-0.2, -0.15) is 0 Å². The molecule has 0 spiro atoms. The first-order valence-electron chi connectivity index (χ1n) is 10.9. The molecule has 5 nitrogen and oxygen atoms in total. The Morgan fingerprint density at radius 2 is 1.62 bits per heavy atom. The fourth-order valence-corrected chi connectivity index (χ4v) is 5.22. The summed E-state index contributed by atoms with van der Waals surface area (Å²) in [4.78, 5) is 20.8. The number of rotatable bonds is 3. The fourth-order valence-electron chi connectivity index (χ4n) is 4.04. The van der Waals surface area contributed by atoms with Gasteiger partial charge in [0.1, 0.15) is 0 Å². The first kappa shape index (κ1) is 22.6. The maximum atomic E-state index is 13.7. The summed E-state index contributed by atoms with van der Waals surface area (Å²) in [5.41, 5.74) is 6.69. The fraction of sp³-hybridized carbons (Fsp3) is 0.185. The van der Waals surface area contributed by atoms with Crippen molar-refractivity contribution in [1.29, 1.82) is 0 Å². The molecule has 1 saturated heterocycles. The minimum Gasteiger partial charge on any atom is -0.454 e. The number of benzene rings is 3. The highest BCUT2D eigenvalue weighted by Crippen LogP contribution is 2.42. The molecule has 7 heteroatoms. The number of hydrogen-bond acceptors (Lipinski definition) is 5. The van der Waals surface area contributed by atoms with Crippen molar-refractivity contribution < 1.29 is 14.3 Å². The monoisotopic (exact) mass is 490 g/mol. The van der Waals surface area contributed by atoms with E-state index in [1.54, 1.807) is 23.1 Å². The number of aliphatic imine (C=N–C) groups is 1. The van der Waals surface area contributed by atoms with Crippen molar-refractivity contribution in [3.8, 4) is 11.5 Å². The van der Waals surface area contributed by atoms with Crippen molar-refractivity contribution >= 4 is 51.9 Å². The minimum atomic E-state index is -0.144. The zero-order valence-electron chi connectivity index (χ0n) is 19.3. The summed E-state index contributed by atoms with van der Waals surface area (Å²) in [7, 11) is 0. The summed E-state index contributed by atoms with van der Waals surface area (Å²) < 4.78 is 10.9. The Labute approximate surface area is 208 Å². The standard InChI is InChI=1S/C27H23ClN2O3S/c1-15-5-7-21(17(3)9-15)29-27-30(22-8-6-16(2)10-18(22)4)26(31)25(34-27)12-19-11-23-24(13-20(19)28)33-14-32-23/h5-13H,14H2,1-4H3/b25-12+,29-27?. The van der Waals surface area contributed by atoms with Gasteiger partial charge >= 0.3 is 0 Å². The van der Waals surface area contributed by atoms with Gasteiger partial charge in [-0.15, -0.1) is 0 Å². The summed E-state index contributed by atoms with van der Waals surface area (Å²) >= 11 is 7.82. The number of fused-ring (bicyclic) bond motifs is 1. The van der Waals surface area contributed by atoms with Gasteiger partial charge in [-0.25, -0.2) is 4.99 Å². The van der Waals surface area contributed by atoms with E-state index in [4.69, 9.17) is 26.1 Å². The molecule has 2 aliphatic rings. The molecule has 1 amide bonds. The Balaban J connectivity index is 1.62. The first-order chi connectivity index (χ1) is 16.3. The van der Waals surface area contributed by atoms with Crippen molar-refractivity contribution in [2.24, 2.45) is 4.99 Å². The SMILES string of the molecule is Cc1ccc(N=C2S/C(=C/c3cc4c(cc3Cl)OCO4)C(=O)N2c2ccc(C)cc2C)c(C)c1. The van der Waals surface area contributed by atoms with Gasteiger partial charge in [0.05, 0.1) is 21.3 Å². The number of hydrogen-bond donors (Lipinski definition) is 0. The number of carbonyl (C=O) groups is 1. The molecule has 0 bridgehead atoms. The summed E-state index contributed by atoms with van der Waals surface area (Å²) in [5, 5.41) is 1.09. The van der Waals surface area contributed by atoms with Crippen LogP contribution in [0.2, 0.25) is 5.02 Å². The third kappa shape index (κ3) is 4.19. The van der Waals surface area contributed by atoms with Crippen LogP contribution in [0.15, 0.2) is 58.4 Å². The molecule has 172 valence electrons. The molecule has 0 radical (unpaired) electrons. The smallest absolute Gasteiger partial charge is 0.271 e. The second-order valence-corrected chi connectivity index (χ2v) is 9.87. The molecule has 0 aliphatic carbocycles. The predicted octanol–water partition coefficient (Wildman–Crippen LogP) is 7.11. The minimum absolute atomic E-state index is 0.144. The first-order valence-corrected chi connectivity index (χ1v) is 12.1. The normalized spacial score (nSPS) is 17.3. The van der Waals surface area contributed by atoms with E-state index in [-0.39, 0.29) is 12.7 Å². The second kappa shape index (κ2) is 8.85. The van der Waals surface area contributed by atoms with Crippen molar-refractivity contribution in [3.05, 3.63) is 86.3 Å². The summed E-state index contributed by atoms with van der Waals surface area (Å²) in [6, 6.07) is 15.7. The number of ether oxygens (including phenoxy) is 2. The Morgan fingerprint density at radius 3 is 2.32 bits per heavy atom. The van der Waals surface area contributed by atoms with Crippen LogP contribution >= 0.6 is 23.4 Å². The molecule has 3 aromatic carbocycles. The van der Waals surface area contributed by atoms with Crippen LogP contribution < -0.4 is 14.4 Å². The summed E-state index contributed by atoms with van der Waals surface area (Å²) in [6.45, 7) is 8.28. The highest BCUT2D eigenvalue weighted by molar-refractivity contribution is 8.19. The van der Waals surface area contributed by atoms with Crippen LogP contribution in [0.25, 0.3) is 6.08 Å². The number of thioether (sulfide) groups is 1. The van der Waals surface area contributed by atoms with E-state index >= 15 is 0 Å². The number of aryl methyl sites for hydroxylation is 4. The molecule has 3 aromatic rings. The van der Waals surface area contributed by atoms with E-state index in [9.17, 15) is 4.79 Å². The Hall–Kier alpha value is -3.22. The summed E-state index contributed by atoms with van der Waals surface area (Å²) in [5.74, 6) is 1.07. The predicted molar refractivity (Wildman–Crippen MR) is 140 cm³/mol. The van der Waals surface area contributed by atoms with Gasteiger partial charge in [0.2, 0.25) is 6.79 Å². The molecule has 5 rings (SSSR count). The Bertz CT molecular complexity index is 1400. The average Bonchev–Trinajstić information content (AvgIpc) is 3.35. The summed E-state index contributed by atoms with van der Waals surface area (Å²) in [6.07, 6.45) is 1.79. The molecule has 34 heavy (non-hydrogen) atoms. The van der Waals surface area contributed by atoms with Crippen LogP contribution in [0.4, 0.5) is 11.4 Å². The Morgan fingerprint density at radius 1 is 0.941 bits per heavy atom. The highest BCUT2D eigenvalue weighted by Gasteiger charge is 2.36. The number of nitrogens with zero attached hydrogens (tertiary/aromatic N) is 2. The van der Waals surface area contributed by atoms with Gasteiger partial charge in [-0.05, 0) is 80.4 Å². The molecule has 1 fully saturated rings. The number of amidine groups is 1. The molecule has 0 saturated carbocycles. The van der Waals surface area contributed by atoms with Gasteiger partial charge in [-0.1, -0.05) is 47.0 Å². The van der Waals surface area contributed by atoms with Gasteiger partial charge in [0.25, 0.3) is 5.91 Å². The van der Waals surface area contributed by atoms with Crippen molar-refractivity contribution in [2.45, 2.75) is 27.7 Å². The van der Waals surface area contributed by atoms with Crippen LogP contribution in [0.5, 0.6) is 11.5 Å². The number of halogens is 1. The van der Waals surface area contributed by atoms with Gasteiger partial charge in [0.15, 0.2) is 16.7 Å². The third-order valence-electron chi connectivity index (χ3n) is 5.75. The average molecular weight is 491 g/mol. The molecule has 0 aromatic heterocycles. The second-order valence-electron chi connectivity index (χ2n) is 8.45. The lowest BCUT2D eigenvalue weighted by Gasteiger charge is -2.19. The quantitative estimate of drug-likeness (QED) is 0.367. The van der Waals surface area contributed by atoms with Crippen LogP contribution in [0.1, 0.15) is 27.8 Å². The topological polar surface area (TPSA) is 51.1 Å². The number of amides is 1. The van der Waals surface area contributed by atoms with Crippen LogP contribution in [0.3, 0.4) is 0 Å². The zero-order valence-corrected chi connectivity index (χ0v) is 20.9. The molecule has 2 aliphatic heterocycles. The van der Waals surface area contributed by atoms with Crippen molar-refractivity contribution in [2.75, 3.05) is 11.7 Å². The molecule has 0 N–H and O–H groups in total. The van der Waals surface area contributed by atoms with Gasteiger partial charge < -0.3 is 9.47 Å². The highest BCUT2D eigenvalue weighted by atomic mass is 35.5. The van der Waals surface area contributed by atoms with E-state index < -0.39 is 0 Å². The molecular formula is C27H23ClN2O3S. The maximum absolute atomic E-state index is 13.7. The number of carbonyl (C=O) groups excluding carboxylic acids is 1. The molecular weight excluding hydrogens is 468 g/mol. The van der Waals surface area contributed by atoms with Crippen LogP contribution in [-0.2, 0) is 4.79 Å². The lowest BCUT2D eigenvalue weighted by molar-refractivity contribution is -0.113. The molecule has 0 atom stereocenters.